The summed E-state index contributed by atoms with van der Waals surface area (Å²) in [7, 11) is 0. The largest absolute Gasteiger partial charge is 0.477 e. The molecule has 0 amide bonds. The molecule has 3 heterocycles. The van der Waals surface area contributed by atoms with Crippen molar-refractivity contribution < 1.29 is 18.6 Å². The molecule has 0 bridgehead atoms. The van der Waals surface area contributed by atoms with Crippen LogP contribution in [0, 0.1) is 6.92 Å². The topological polar surface area (TPSA) is 61.1 Å². The van der Waals surface area contributed by atoms with E-state index < -0.39 is 0 Å². The highest BCUT2D eigenvalue weighted by Crippen LogP contribution is 2.37. The van der Waals surface area contributed by atoms with Crippen LogP contribution >= 0.6 is 0 Å². The molecule has 2 aromatic carbocycles. The molecular formula is C23H23NO5. The second-order valence-electron chi connectivity index (χ2n) is 7.66. The molecule has 3 aromatic rings. The van der Waals surface area contributed by atoms with Gasteiger partial charge in [-0.2, -0.15) is 0 Å². The number of rotatable bonds is 4. The Hall–Kier alpha value is -2.99. The van der Waals surface area contributed by atoms with Crippen molar-refractivity contribution in [3.8, 4) is 17.2 Å². The van der Waals surface area contributed by atoms with Gasteiger partial charge in [0.15, 0.2) is 11.5 Å². The molecule has 1 aromatic heterocycles. The summed E-state index contributed by atoms with van der Waals surface area (Å²) in [5.74, 6) is 2.42. The summed E-state index contributed by atoms with van der Waals surface area (Å²) in [4.78, 5) is 14.2. The highest BCUT2D eigenvalue weighted by molar-refractivity contribution is 5.86. The molecule has 2 aliphatic rings. The van der Waals surface area contributed by atoms with Crippen molar-refractivity contribution in [1.29, 1.82) is 0 Å². The lowest BCUT2D eigenvalue weighted by atomic mass is 9.98. The van der Waals surface area contributed by atoms with E-state index in [4.69, 9.17) is 18.6 Å². The van der Waals surface area contributed by atoms with Crippen LogP contribution in [0.25, 0.3) is 11.0 Å². The molecule has 0 saturated heterocycles. The van der Waals surface area contributed by atoms with Gasteiger partial charge in [0.1, 0.15) is 18.1 Å². The van der Waals surface area contributed by atoms with E-state index in [2.05, 4.69) is 24.0 Å². The van der Waals surface area contributed by atoms with Gasteiger partial charge in [-0.25, -0.2) is 4.79 Å². The Morgan fingerprint density at radius 1 is 1.07 bits per heavy atom. The molecule has 2 aliphatic heterocycles. The van der Waals surface area contributed by atoms with Gasteiger partial charge in [0, 0.05) is 35.7 Å². The molecule has 6 heteroatoms. The van der Waals surface area contributed by atoms with Gasteiger partial charge < -0.3 is 18.6 Å². The van der Waals surface area contributed by atoms with E-state index in [0.29, 0.717) is 12.3 Å². The number of fused-ring (bicyclic) bond motifs is 3. The van der Waals surface area contributed by atoms with Crippen LogP contribution in [0.15, 0.2) is 39.5 Å². The predicted octanol–water partition coefficient (Wildman–Crippen LogP) is 4.13. The number of nitrogens with zero attached hydrogens (tertiary/aromatic N) is 1. The Balaban J connectivity index is 1.47. The van der Waals surface area contributed by atoms with Crippen LogP contribution in [0.4, 0.5) is 0 Å². The zero-order chi connectivity index (χ0) is 20.0. The minimum Gasteiger partial charge on any atom is -0.477 e. The summed E-state index contributed by atoms with van der Waals surface area (Å²) < 4.78 is 22.5. The summed E-state index contributed by atoms with van der Waals surface area (Å²) in [6, 6.07) is 9.77. The molecule has 0 spiro atoms. The summed E-state index contributed by atoms with van der Waals surface area (Å²) >= 11 is 0. The lowest BCUT2D eigenvalue weighted by Crippen LogP contribution is -2.32. The molecule has 0 saturated carbocycles. The SMILES string of the molecule is CCCc1cc(=O)oc2c(C)c3c(cc12)CN(Cc1ccc2c(c1)OCO2)CO3. The average Bonchev–Trinajstić information content (AvgIpc) is 3.17. The highest BCUT2D eigenvalue weighted by Gasteiger charge is 2.23. The van der Waals surface area contributed by atoms with E-state index in [-0.39, 0.29) is 12.4 Å². The first-order valence-corrected chi connectivity index (χ1v) is 9.95. The molecular weight excluding hydrogens is 370 g/mol. The van der Waals surface area contributed by atoms with Crippen molar-refractivity contribution in [1.82, 2.24) is 4.90 Å². The number of ether oxygens (including phenoxy) is 3. The first kappa shape index (κ1) is 18.1. The van der Waals surface area contributed by atoms with Crippen molar-refractivity contribution in [2.24, 2.45) is 0 Å². The van der Waals surface area contributed by atoms with E-state index in [1.54, 1.807) is 6.07 Å². The van der Waals surface area contributed by atoms with Crippen molar-refractivity contribution in [2.45, 2.75) is 39.8 Å². The van der Waals surface area contributed by atoms with Crippen molar-refractivity contribution >= 4 is 11.0 Å². The fraction of sp³-hybridized carbons (Fsp3) is 0.348. The quantitative estimate of drug-likeness (QED) is 0.621. The molecule has 0 N–H and O–H groups in total. The van der Waals surface area contributed by atoms with Crippen molar-refractivity contribution in [3.05, 3.63) is 63.0 Å². The zero-order valence-electron chi connectivity index (χ0n) is 16.6. The molecule has 0 unspecified atom stereocenters. The average molecular weight is 393 g/mol. The Morgan fingerprint density at radius 2 is 1.93 bits per heavy atom. The van der Waals surface area contributed by atoms with Gasteiger partial charge in [0.05, 0.1) is 0 Å². The zero-order valence-corrected chi connectivity index (χ0v) is 16.6. The molecule has 0 fully saturated rings. The molecule has 0 radical (unpaired) electrons. The normalized spacial score (nSPS) is 15.4. The van der Waals surface area contributed by atoms with E-state index in [1.807, 2.05) is 19.1 Å². The summed E-state index contributed by atoms with van der Waals surface area (Å²) in [6.45, 7) is 6.35. The first-order chi connectivity index (χ1) is 14.1. The minimum atomic E-state index is -0.302. The van der Waals surface area contributed by atoms with Gasteiger partial charge in [-0.1, -0.05) is 19.4 Å². The van der Waals surface area contributed by atoms with E-state index in [0.717, 1.165) is 70.8 Å². The smallest absolute Gasteiger partial charge is 0.336 e. The van der Waals surface area contributed by atoms with Crippen LogP contribution in [0.1, 0.15) is 35.6 Å². The van der Waals surface area contributed by atoms with E-state index in [1.165, 1.54) is 0 Å². The van der Waals surface area contributed by atoms with Gasteiger partial charge in [0.2, 0.25) is 6.79 Å². The monoisotopic (exact) mass is 393 g/mol. The van der Waals surface area contributed by atoms with Gasteiger partial charge in [-0.3, -0.25) is 4.90 Å². The minimum absolute atomic E-state index is 0.279. The van der Waals surface area contributed by atoms with Crippen molar-refractivity contribution in [2.75, 3.05) is 13.5 Å². The number of benzene rings is 2. The molecule has 0 atom stereocenters. The van der Waals surface area contributed by atoms with E-state index in [9.17, 15) is 4.79 Å². The van der Waals surface area contributed by atoms with Gasteiger partial charge in [-0.15, -0.1) is 0 Å². The van der Waals surface area contributed by atoms with Crippen LogP contribution in [0.3, 0.4) is 0 Å². The fourth-order valence-corrected chi connectivity index (χ4v) is 4.21. The first-order valence-electron chi connectivity index (χ1n) is 9.95. The Bertz CT molecular complexity index is 1150. The Kier molecular flexibility index (Phi) is 4.43. The third-order valence-electron chi connectivity index (χ3n) is 5.52. The molecule has 5 rings (SSSR count). The Labute approximate surface area is 168 Å². The second kappa shape index (κ2) is 7.12. The molecule has 150 valence electrons. The second-order valence-corrected chi connectivity index (χ2v) is 7.66. The number of hydrogen-bond donors (Lipinski definition) is 0. The highest BCUT2D eigenvalue weighted by atomic mass is 16.7. The molecule has 6 nitrogen and oxygen atoms in total. The predicted molar refractivity (Wildman–Crippen MR) is 109 cm³/mol. The standard InChI is InChI=1S/C23H23NO5/c1-3-4-16-9-21(25)29-23-14(2)22-17(8-18(16)23)11-24(12-26-22)10-15-5-6-19-20(7-15)28-13-27-19/h5-9H,3-4,10-13H2,1-2H3. The lowest BCUT2D eigenvalue weighted by Gasteiger charge is -2.30. The van der Waals surface area contributed by atoms with Crippen LogP contribution in [-0.2, 0) is 19.5 Å². The Morgan fingerprint density at radius 3 is 2.79 bits per heavy atom. The maximum absolute atomic E-state index is 12.0. The lowest BCUT2D eigenvalue weighted by molar-refractivity contribution is 0.0880. The van der Waals surface area contributed by atoms with Gasteiger partial charge >= 0.3 is 5.63 Å². The third kappa shape index (κ3) is 3.23. The number of aryl methyl sites for hydroxylation is 2. The summed E-state index contributed by atoms with van der Waals surface area (Å²) in [6.07, 6.45) is 1.82. The molecule has 29 heavy (non-hydrogen) atoms. The molecule has 0 aliphatic carbocycles. The van der Waals surface area contributed by atoms with Gasteiger partial charge in [0.25, 0.3) is 0 Å². The van der Waals surface area contributed by atoms with Crippen molar-refractivity contribution in [3.63, 3.8) is 0 Å². The van der Waals surface area contributed by atoms with Crippen LogP contribution in [0.2, 0.25) is 0 Å². The van der Waals surface area contributed by atoms with Crippen LogP contribution in [0.5, 0.6) is 17.2 Å². The third-order valence-corrected chi connectivity index (χ3v) is 5.52. The summed E-state index contributed by atoms with van der Waals surface area (Å²) in [5, 5.41) is 1.01. The van der Waals surface area contributed by atoms with Gasteiger partial charge in [-0.05, 0) is 42.7 Å². The van der Waals surface area contributed by atoms with Crippen LogP contribution in [-0.4, -0.2) is 18.4 Å². The fourth-order valence-electron chi connectivity index (χ4n) is 4.21. The number of hydrogen-bond acceptors (Lipinski definition) is 6. The maximum Gasteiger partial charge on any atom is 0.336 e. The summed E-state index contributed by atoms with van der Waals surface area (Å²) in [5.41, 5.74) is 4.55. The maximum atomic E-state index is 12.0. The van der Waals surface area contributed by atoms with E-state index >= 15 is 0 Å². The van der Waals surface area contributed by atoms with Crippen LogP contribution < -0.4 is 19.8 Å².